The molecule has 0 atom stereocenters. The lowest BCUT2D eigenvalue weighted by molar-refractivity contribution is 0.241. The van der Waals surface area contributed by atoms with Crippen LogP contribution in [0.3, 0.4) is 0 Å². The average Bonchev–Trinajstić information content (AvgIpc) is 2.48. The molecule has 1 aliphatic heterocycles. The van der Waals surface area contributed by atoms with E-state index in [9.17, 15) is 9.18 Å². The van der Waals surface area contributed by atoms with E-state index in [1.54, 1.807) is 6.20 Å². The first-order valence-electron chi connectivity index (χ1n) is 7.58. The highest BCUT2D eigenvalue weighted by molar-refractivity contribution is 5.21. The number of hydrogen-bond acceptors (Lipinski definition) is 4. The van der Waals surface area contributed by atoms with Crippen molar-refractivity contribution in [2.45, 2.75) is 39.3 Å². The van der Waals surface area contributed by atoms with Crippen LogP contribution in [0.25, 0.3) is 0 Å². The standard InChI is InChI=1S/C16H19FN4O/c1-2-3-15-19-14-4-5-21(10-13(14)16(22)20-15)9-11-6-12(17)8-18-7-11/h6-8H,2-5,9-10H2,1H3,(H,19,20,22). The Kier molecular flexibility index (Phi) is 4.29. The topological polar surface area (TPSA) is 61.9 Å². The molecule has 0 radical (unpaired) electrons. The Bertz CT molecular complexity index is 728. The van der Waals surface area contributed by atoms with Crippen molar-refractivity contribution in [3.8, 4) is 0 Å². The molecule has 0 saturated heterocycles. The smallest absolute Gasteiger partial charge is 0.255 e. The van der Waals surface area contributed by atoms with Gasteiger partial charge in [0, 0.05) is 38.7 Å². The van der Waals surface area contributed by atoms with Crippen LogP contribution in [-0.2, 0) is 25.9 Å². The van der Waals surface area contributed by atoms with Gasteiger partial charge in [0.2, 0.25) is 0 Å². The van der Waals surface area contributed by atoms with Gasteiger partial charge in [0.15, 0.2) is 0 Å². The molecular formula is C16H19FN4O. The first-order chi connectivity index (χ1) is 10.7. The van der Waals surface area contributed by atoms with E-state index >= 15 is 0 Å². The minimum absolute atomic E-state index is 0.0458. The molecule has 0 fully saturated rings. The summed E-state index contributed by atoms with van der Waals surface area (Å²) in [5.41, 5.74) is 2.40. The molecule has 1 aliphatic rings. The fourth-order valence-corrected chi connectivity index (χ4v) is 2.82. The molecule has 0 bridgehead atoms. The van der Waals surface area contributed by atoms with Gasteiger partial charge in [-0.2, -0.15) is 0 Å². The Morgan fingerprint density at radius 3 is 3.05 bits per heavy atom. The molecule has 116 valence electrons. The molecule has 3 heterocycles. The molecular weight excluding hydrogens is 283 g/mol. The highest BCUT2D eigenvalue weighted by Crippen LogP contribution is 2.16. The zero-order valence-electron chi connectivity index (χ0n) is 12.6. The number of nitrogens with zero attached hydrogens (tertiary/aromatic N) is 3. The zero-order valence-corrected chi connectivity index (χ0v) is 12.6. The molecule has 0 spiro atoms. The van der Waals surface area contributed by atoms with Gasteiger partial charge in [-0.25, -0.2) is 9.37 Å². The largest absolute Gasteiger partial charge is 0.310 e. The van der Waals surface area contributed by atoms with Crippen LogP contribution in [0.4, 0.5) is 4.39 Å². The van der Waals surface area contributed by atoms with E-state index in [1.807, 2.05) is 0 Å². The molecule has 2 aromatic heterocycles. The van der Waals surface area contributed by atoms with Gasteiger partial charge in [-0.1, -0.05) is 6.92 Å². The van der Waals surface area contributed by atoms with E-state index < -0.39 is 0 Å². The van der Waals surface area contributed by atoms with Crippen LogP contribution in [0.5, 0.6) is 0 Å². The fraction of sp³-hybridized carbons (Fsp3) is 0.438. The van der Waals surface area contributed by atoms with E-state index in [0.29, 0.717) is 13.1 Å². The number of hydrogen-bond donors (Lipinski definition) is 1. The van der Waals surface area contributed by atoms with Crippen LogP contribution >= 0.6 is 0 Å². The van der Waals surface area contributed by atoms with Crippen LogP contribution in [0.1, 0.15) is 36.0 Å². The number of aromatic nitrogens is 3. The molecule has 0 unspecified atom stereocenters. The number of H-pyrrole nitrogens is 1. The third kappa shape index (κ3) is 3.22. The maximum absolute atomic E-state index is 13.2. The first kappa shape index (κ1) is 14.8. The van der Waals surface area contributed by atoms with E-state index in [2.05, 4.69) is 26.8 Å². The van der Waals surface area contributed by atoms with E-state index in [0.717, 1.165) is 48.5 Å². The van der Waals surface area contributed by atoms with Crippen molar-refractivity contribution in [2.24, 2.45) is 0 Å². The number of halogens is 1. The van der Waals surface area contributed by atoms with Crippen LogP contribution in [0, 0.1) is 5.82 Å². The minimum Gasteiger partial charge on any atom is -0.310 e. The highest BCUT2D eigenvalue weighted by atomic mass is 19.1. The Labute approximate surface area is 128 Å². The number of pyridine rings is 1. The number of aryl methyl sites for hydroxylation is 1. The summed E-state index contributed by atoms with van der Waals surface area (Å²) in [6, 6.07) is 1.48. The predicted molar refractivity (Wildman–Crippen MR) is 80.9 cm³/mol. The van der Waals surface area contributed by atoms with E-state index in [4.69, 9.17) is 0 Å². The van der Waals surface area contributed by atoms with Crippen LogP contribution < -0.4 is 5.56 Å². The van der Waals surface area contributed by atoms with Crippen molar-refractivity contribution in [1.82, 2.24) is 19.9 Å². The molecule has 6 heteroatoms. The second-order valence-corrected chi connectivity index (χ2v) is 5.66. The Morgan fingerprint density at radius 1 is 1.41 bits per heavy atom. The zero-order chi connectivity index (χ0) is 15.5. The van der Waals surface area contributed by atoms with Gasteiger partial charge < -0.3 is 4.98 Å². The summed E-state index contributed by atoms with van der Waals surface area (Å²) in [5, 5.41) is 0. The summed E-state index contributed by atoms with van der Waals surface area (Å²) < 4.78 is 13.2. The lowest BCUT2D eigenvalue weighted by atomic mass is 10.1. The molecule has 0 saturated carbocycles. The number of aromatic amines is 1. The summed E-state index contributed by atoms with van der Waals surface area (Å²) in [5.74, 6) is 0.438. The van der Waals surface area contributed by atoms with Crippen molar-refractivity contribution < 1.29 is 4.39 Å². The number of rotatable bonds is 4. The Morgan fingerprint density at radius 2 is 2.27 bits per heavy atom. The summed E-state index contributed by atoms with van der Waals surface area (Å²) >= 11 is 0. The van der Waals surface area contributed by atoms with Gasteiger partial charge in [0.05, 0.1) is 17.5 Å². The quantitative estimate of drug-likeness (QED) is 0.936. The first-order valence-corrected chi connectivity index (χ1v) is 7.58. The second-order valence-electron chi connectivity index (χ2n) is 5.66. The van der Waals surface area contributed by atoms with Crippen molar-refractivity contribution in [3.63, 3.8) is 0 Å². The van der Waals surface area contributed by atoms with Gasteiger partial charge >= 0.3 is 0 Å². The molecule has 22 heavy (non-hydrogen) atoms. The van der Waals surface area contributed by atoms with Gasteiger partial charge in [-0.05, 0) is 18.1 Å². The third-order valence-electron chi connectivity index (χ3n) is 3.85. The van der Waals surface area contributed by atoms with Gasteiger partial charge in [0.25, 0.3) is 5.56 Å². The minimum atomic E-state index is -0.335. The average molecular weight is 302 g/mol. The predicted octanol–water partition coefficient (Wildman–Crippen LogP) is 1.81. The third-order valence-corrected chi connectivity index (χ3v) is 3.85. The summed E-state index contributed by atoms with van der Waals surface area (Å²) in [6.07, 6.45) is 5.35. The van der Waals surface area contributed by atoms with Gasteiger partial charge in [-0.3, -0.25) is 14.7 Å². The van der Waals surface area contributed by atoms with Crippen LogP contribution in [0.2, 0.25) is 0 Å². The molecule has 3 rings (SSSR count). The van der Waals surface area contributed by atoms with Crippen molar-refractivity contribution >= 4 is 0 Å². The monoisotopic (exact) mass is 302 g/mol. The number of fused-ring (bicyclic) bond motifs is 1. The molecule has 0 amide bonds. The molecule has 2 aromatic rings. The molecule has 0 aromatic carbocycles. The summed E-state index contributed by atoms with van der Waals surface area (Å²) in [7, 11) is 0. The van der Waals surface area contributed by atoms with Gasteiger partial charge in [-0.15, -0.1) is 0 Å². The maximum atomic E-state index is 13.2. The Balaban J connectivity index is 1.78. The summed E-state index contributed by atoms with van der Waals surface area (Å²) in [4.78, 5) is 25.6. The molecule has 0 aliphatic carbocycles. The SMILES string of the molecule is CCCc1nc2c(c(=O)[nH]1)CN(Cc1cncc(F)c1)CC2. The maximum Gasteiger partial charge on any atom is 0.255 e. The molecule has 1 N–H and O–H groups in total. The van der Waals surface area contributed by atoms with Crippen molar-refractivity contribution in [3.05, 3.63) is 57.3 Å². The summed E-state index contributed by atoms with van der Waals surface area (Å²) in [6.45, 7) is 4.00. The van der Waals surface area contributed by atoms with Gasteiger partial charge in [0.1, 0.15) is 11.6 Å². The van der Waals surface area contributed by atoms with E-state index in [1.165, 1.54) is 12.3 Å². The highest BCUT2D eigenvalue weighted by Gasteiger charge is 2.21. The fourth-order valence-electron chi connectivity index (χ4n) is 2.82. The van der Waals surface area contributed by atoms with Crippen molar-refractivity contribution in [1.29, 1.82) is 0 Å². The lowest BCUT2D eigenvalue weighted by Gasteiger charge is -2.27. The lowest BCUT2D eigenvalue weighted by Crippen LogP contribution is -2.35. The Hall–Kier alpha value is -2.08. The van der Waals surface area contributed by atoms with Crippen LogP contribution in [-0.4, -0.2) is 26.4 Å². The second kappa shape index (κ2) is 6.36. The number of nitrogens with one attached hydrogen (secondary N) is 1. The van der Waals surface area contributed by atoms with E-state index in [-0.39, 0.29) is 11.4 Å². The van der Waals surface area contributed by atoms with Crippen LogP contribution in [0.15, 0.2) is 23.3 Å². The molecule has 5 nitrogen and oxygen atoms in total. The van der Waals surface area contributed by atoms with Crippen molar-refractivity contribution in [2.75, 3.05) is 6.54 Å². The normalized spacial score (nSPS) is 14.8.